The summed E-state index contributed by atoms with van der Waals surface area (Å²) < 4.78 is 4.72. The van der Waals surface area contributed by atoms with E-state index in [9.17, 15) is 4.79 Å². The Morgan fingerprint density at radius 2 is 2.00 bits per heavy atom. The van der Waals surface area contributed by atoms with Crippen LogP contribution in [0.25, 0.3) is 0 Å². The molecule has 0 amide bonds. The Balaban J connectivity index is 1.95. The van der Waals surface area contributed by atoms with Gasteiger partial charge in [0.15, 0.2) is 0 Å². The molecule has 0 bridgehead atoms. The van der Waals surface area contributed by atoms with Crippen molar-refractivity contribution in [2.45, 2.75) is 25.7 Å². The Morgan fingerprint density at radius 1 is 1.27 bits per heavy atom. The van der Waals surface area contributed by atoms with Gasteiger partial charge in [-0.1, -0.05) is 6.07 Å². The van der Waals surface area contributed by atoms with Crippen LogP contribution < -0.4 is 0 Å². The second-order valence-electron chi connectivity index (χ2n) is 4.83. The maximum absolute atomic E-state index is 11.4. The maximum atomic E-state index is 11.4. The molecule has 1 spiro atoms. The Bertz CT molecular complexity index is 430. The van der Waals surface area contributed by atoms with Gasteiger partial charge in [0.1, 0.15) is 0 Å². The molecular formula is C13H14O2. The highest BCUT2D eigenvalue weighted by Crippen LogP contribution is 2.55. The van der Waals surface area contributed by atoms with Crippen LogP contribution in [0.2, 0.25) is 0 Å². The lowest BCUT2D eigenvalue weighted by Gasteiger charge is -2.02. The molecule has 0 atom stereocenters. The van der Waals surface area contributed by atoms with Gasteiger partial charge in [0.25, 0.3) is 0 Å². The molecule has 2 aliphatic rings. The summed E-state index contributed by atoms with van der Waals surface area (Å²) in [5.41, 5.74) is 4.06. The van der Waals surface area contributed by atoms with Crippen molar-refractivity contribution in [2.24, 2.45) is 5.41 Å². The summed E-state index contributed by atoms with van der Waals surface area (Å²) in [6, 6.07) is 5.98. The van der Waals surface area contributed by atoms with Crippen LogP contribution in [0.15, 0.2) is 18.2 Å². The summed E-state index contributed by atoms with van der Waals surface area (Å²) in [5, 5.41) is 0. The van der Waals surface area contributed by atoms with E-state index < -0.39 is 0 Å². The zero-order chi connectivity index (χ0) is 10.5. The highest BCUT2D eigenvalue weighted by Gasteiger charge is 2.46. The number of benzene rings is 1. The number of hydrogen-bond acceptors (Lipinski definition) is 2. The largest absolute Gasteiger partial charge is 0.465 e. The predicted octanol–water partition coefficient (Wildman–Crippen LogP) is 2.35. The van der Waals surface area contributed by atoms with E-state index in [-0.39, 0.29) is 5.97 Å². The van der Waals surface area contributed by atoms with Crippen LogP contribution in [-0.2, 0) is 17.6 Å². The molecule has 1 fully saturated rings. The molecule has 0 radical (unpaired) electrons. The van der Waals surface area contributed by atoms with E-state index in [0.717, 1.165) is 6.42 Å². The Kier molecular flexibility index (Phi) is 1.70. The highest BCUT2D eigenvalue weighted by atomic mass is 16.5. The molecule has 0 aliphatic heterocycles. The van der Waals surface area contributed by atoms with Crippen LogP contribution >= 0.6 is 0 Å². The van der Waals surface area contributed by atoms with Crippen LogP contribution in [0.3, 0.4) is 0 Å². The fourth-order valence-corrected chi connectivity index (χ4v) is 2.61. The van der Waals surface area contributed by atoms with Crippen LogP contribution in [0.4, 0.5) is 0 Å². The third kappa shape index (κ3) is 1.36. The van der Waals surface area contributed by atoms with Crippen molar-refractivity contribution in [3.63, 3.8) is 0 Å². The van der Waals surface area contributed by atoms with Crippen LogP contribution in [0.1, 0.15) is 34.3 Å². The number of esters is 1. The second-order valence-corrected chi connectivity index (χ2v) is 4.83. The van der Waals surface area contributed by atoms with Gasteiger partial charge in [-0.25, -0.2) is 4.79 Å². The van der Waals surface area contributed by atoms with Crippen molar-refractivity contribution in [3.05, 3.63) is 34.9 Å². The summed E-state index contributed by atoms with van der Waals surface area (Å²) in [6.07, 6.45) is 5.08. The molecule has 0 heterocycles. The van der Waals surface area contributed by atoms with Gasteiger partial charge in [0.05, 0.1) is 12.7 Å². The summed E-state index contributed by atoms with van der Waals surface area (Å²) in [6.45, 7) is 0. The van der Waals surface area contributed by atoms with Crippen molar-refractivity contribution < 1.29 is 9.53 Å². The first-order valence-corrected chi connectivity index (χ1v) is 5.43. The number of hydrogen-bond donors (Lipinski definition) is 0. The average Bonchev–Trinajstić information content (AvgIpc) is 2.88. The van der Waals surface area contributed by atoms with Crippen molar-refractivity contribution in [2.75, 3.05) is 7.11 Å². The quantitative estimate of drug-likeness (QED) is 0.653. The van der Waals surface area contributed by atoms with Gasteiger partial charge in [0.2, 0.25) is 0 Å². The first-order chi connectivity index (χ1) is 7.22. The second kappa shape index (κ2) is 2.84. The third-order valence-corrected chi connectivity index (χ3v) is 3.72. The van der Waals surface area contributed by atoms with E-state index in [4.69, 9.17) is 4.74 Å². The Hall–Kier alpha value is -1.31. The minimum Gasteiger partial charge on any atom is -0.465 e. The molecular weight excluding hydrogens is 188 g/mol. The maximum Gasteiger partial charge on any atom is 0.337 e. The van der Waals surface area contributed by atoms with E-state index >= 15 is 0 Å². The molecule has 1 aromatic rings. The number of carbonyl (C=O) groups is 1. The minimum atomic E-state index is -0.227. The van der Waals surface area contributed by atoms with Crippen molar-refractivity contribution in [1.82, 2.24) is 0 Å². The van der Waals surface area contributed by atoms with E-state index in [0.29, 0.717) is 11.0 Å². The van der Waals surface area contributed by atoms with Gasteiger partial charge in [-0.05, 0) is 54.4 Å². The number of carbonyl (C=O) groups excluding carboxylic acids is 1. The van der Waals surface area contributed by atoms with Crippen LogP contribution in [-0.4, -0.2) is 13.1 Å². The summed E-state index contributed by atoms with van der Waals surface area (Å²) in [7, 11) is 1.43. The lowest BCUT2D eigenvalue weighted by atomic mass is 10.0. The molecule has 2 heteroatoms. The van der Waals surface area contributed by atoms with Gasteiger partial charge in [-0.15, -0.1) is 0 Å². The summed E-state index contributed by atoms with van der Waals surface area (Å²) >= 11 is 0. The van der Waals surface area contributed by atoms with Crippen molar-refractivity contribution in [1.29, 1.82) is 0 Å². The third-order valence-electron chi connectivity index (χ3n) is 3.72. The number of methoxy groups -OCH3 is 1. The smallest absolute Gasteiger partial charge is 0.337 e. The number of ether oxygens (including phenoxy) is 1. The molecule has 78 valence electrons. The highest BCUT2D eigenvalue weighted by molar-refractivity contribution is 5.89. The minimum absolute atomic E-state index is 0.227. The van der Waals surface area contributed by atoms with Gasteiger partial charge < -0.3 is 4.74 Å². The first kappa shape index (κ1) is 8.96. The summed E-state index contributed by atoms with van der Waals surface area (Å²) in [4.78, 5) is 11.4. The molecule has 0 N–H and O–H groups in total. The monoisotopic (exact) mass is 202 g/mol. The van der Waals surface area contributed by atoms with Crippen molar-refractivity contribution in [3.8, 4) is 0 Å². The Morgan fingerprint density at radius 3 is 2.67 bits per heavy atom. The SMILES string of the molecule is COC(=O)c1ccc2c(c1)CC1(CC1)C2. The standard InChI is InChI=1S/C13H14O2/c1-15-12(14)9-2-3-10-7-13(4-5-13)8-11(10)6-9/h2-3,6H,4-5,7-8H2,1H3. The first-order valence-electron chi connectivity index (χ1n) is 5.43. The zero-order valence-electron chi connectivity index (χ0n) is 8.88. The van der Waals surface area contributed by atoms with Crippen LogP contribution in [0.5, 0.6) is 0 Å². The van der Waals surface area contributed by atoms with E-state index in [2.05, 4.69) is 6.07 Å². The van der Waals surface area contributed by atoms with E-state index in [1.54, 1.807) is 0 Å². The molecule has 15 heavy (non-hydrogen) atoms. The molecule has 2 nitrogen and oxygen atoms in total. The van der Waals surface area contributed by atoms with Gasteiger partial charge in [-0.3, -0.25) is 0 Å². The van der Waals surface area contributed by atoms with Crippen molar-refractivity contribution >= 4 is 5.97 Å². The van der Waals surface area contributed by atoms with Crippen LogP contribution in [0, 0.1) is 5.41 Å². The van der Waals surface area contributed by atoms with Gasteiger partial charge in [-0.2, -0.15) is 0 Å². The molecule has 3 rings (SSSR count). The van der Waals surface area contributed by atoms with E-state index in [1.165, 1.54) is 37.5 Å². The average molecular weight is 202 g/mol. The topological polar surface area (TPSA) is 26.3 Å². The molecule has 0 unspecified atom stereocenters. The number of fused-ring (bicyclic) bond motifs is 1. The molecule has 0 saturated heterocycles. The predicted molar refractivity (Wildman–Crippen MR) is 56.9 cm³/mol. The van der Waals surface area contributed by atoms with Gasteiger partial charge >= 0.3 is 5.97 Å². The lowest BCUT2D eigenvalue weighted by molar-refractivity contribution is 0.0600. The van der Waals surface area contributed by atoms with E-state index in [1.807, 2.05) is 12.1 Å². The normalized spacial score (nSPS) is 20.1. The molecule has 1 saturated carbocycles. The fraction of sp³-hybridized carbons (Fsp3) is 0.462. The lowest BCUT2D eigenvalue weighted by Crippen LogP contribution is -2.01. The number of rotatable bonds is 1. The molecule has 2 aliphatic carbocycles. The summed E-state index contributed by atoms with van der Waals surface area (Å²) in [5.74, 6) is -0.227. The Labute approximate surface area is 89.2 Å². The molecule has 0 aromatic heterocycles. The fourth-order valence-electron chi connectivity index (χ4n) is 2.61. The van der Waals surface area contributed by atoms with Gasteiger partial charge in [0, 0.05) is 0 Å². The molecule has 1 aromatic carbocycles. The zero-order valence-corrected chi connectivity index (χ0v) is 8.88.